The molecular formula is C11H11Br2N3O. The first-order valence-electron chi connectivity index (χ1n) is 5.01. The molecule has 0 unspecified atom stereocenters. The molecule has 1 heterocycles. The molecule has 0 bridgehead atoms. The monoisotopic (exact) mass is 359 g/mol. The molecule has 0 aliphatic heterocycles. The first-order chi connectivity index (χ1) is 8.22. The number of hydrogen-bond donors (Lipinski definition) is 0. The normalized spacial score (nSPS) is 10.5. The Kier molecular flexibility index (Phi) is 4.17. The van der Waals surface area contributed by atoms with Gasteiger partial charge in [-0.2, -0.15) is 5.10 Å². The lowest BCUT2D eigenvalue weighted by Crippen LogP contribution is -2.05. The van der Waals surface area contributed by atoms with Crippen molar-refractivity contribution in [2.45, 2.75) is 11.9 Å². The van der Waals surface area contributed by atoms with Crippen molar-refractivity contribution in [2.24, 2.45) is 7.05 Å². The summed E-state index contributed by atoms with van der Waals surface area (Å²) in [5, 5.41) is 4.75. The molecule has 0 amide bonds. The van der Waals surface area contributed by atoms with Crippen LogP contribution in [0.3, 0.4) is 0 Å². The highest BCUT2D eigenvalue weighted by atomic mass is 79.9. The summed E-state index contributed by atoms with van der Waals surface area (Å²) in [7, 11) is 1.84. The van der Waals surface area contributed by atoms with Crippen LogP contribution in [-0.2, 0) is 19.0 Å². The van der Waals surface area contributed by atoms with Crippen LogP contribution in [0.15, 0.2) is 29.0 Å². The third-order valence-electron chi connectivity index (χ3n) is 2.34. The lowest BCUT2D eigenvalue weighted by molar-refractivity contribution is 0.286. The van der Waals surface area contributed by atoms with E-state index in [2.05, 4.69) is 41.9 Å². The van der Waals surface area contributed by atoms with Gasteiger partial charge in [-0.25, -0.2) is 4.98 Å². The van der Waals surface area contributed by atoms with Crippen LogP contribution < -0.4 is 4.74 Å². The van der Waals surface area contributed by atoms with Crippen molar-refractivity contribution in [3.05, 3.63) is 40.4 Å². The topological polar surface area (TPSA) is 39.9 Å². The van der Waals surface area contributed by atoms with Crippen molar-refractivity contribution in [3.8, 4) is 5.75 Å². The first kappa shape index (κ1) is 12.6. The maximum atomic E-state index is 5.78. The van der Waals surface area contributed by atoms with Gasteiger partial charge in [0.2, 0.25) is 0 Å². The second-order valence-electron chi connectivity index (χ2n) is 3.45. The van der Waals surface area contributed by atoms with E-state index in [4.69, 9.17) is 4.74 Å². The molecule has 4 nitrogen and oxygen atoms in total. The number of rotatable bonds is 4. The molecule has 2 rings (SSSR count). The van der Waals surface area contributed by atoms with Crippen molar-refractivity contribution >= 4 is 31.9 Å². The summed E-state index contributed by atoms with van der Waals surface area (Å²) in [5.74, 6) is 1.63. The molecule has 0 N–H and O–H groups in total. The summed E-state index contributed by atoms with van der Waals surface area (Å²) >= 11 is 6.92. The van der Waals surface area contributed by atoms with Gasteiger partial charge in [-0.15, -0.1) is 0 Å². The largest absolute Gasteiger partial charge is 0.484 e. The Morgan fingerprint density at radius 1 is 1.41 bits per heavy atom. The van der Waals surface area contributed by atoms with Gasteiger partial charge in [0.25, 0.3) is 0 Å². The van der Waals surface area contributed by atoms with Crippen LogP contribution in [0.25, 0.3) is 0 Å². The zero-order chi connectivity index (χ0) is 12.3. The minimum absolute atomic E-state index is 0.402. The number of benzene rings is 1. The SMILES string of the molecule is Cn1ncnc1COc1c(Br)cccc1CBr. The van der Waals surface area contributed by atoms with Crippen molar-refractivity contribution < 1.29 is 4.74 Å². The second-order valence-corrected chi connectivity index (χ2v) is 4.87. The Bertz CT molecular complexity index is 513. The molecule has 0 saturated carbocycles. The fourth-order valence-corrected chi connectivity index (χ4v) is 2.37. The Morgan fingerprint density at radius 3 is 2.88 bits per heavy atom. The lowest BCUT2D eigenvalue weighted by Gasteiger charge is -2.11. The standard InChI is InChI=1S/C11H11Br2N3O/c1-16-10(14-7-15-16)6-17-11-8(5-12)3-2-4-9(11)13/h2-4,7H,5-6H2,1H3. The highest BCUT2D eigenvalue weighted by Gasteiger charge is 2.09. The van der Waals surface area contributed by atoms with Crippen molar-refractivity contribution in [1.29, 1.82) is 0 Å². The summed E-state index contributed by atoms with van der Waals surface area (Å²) < 4.78 is 8.42. The predicted molar refractivity (Wildman–Crippen MR) is 72.1 cm³/mol. The van der Waals surface area contributed by atoms with Gasteiger partial charge >= 0.3 is 0 Å². The Labute approximate surface area is 116 Å². The summed E-state index contributed by atoms with van der Waals surface area (Å²) in [6.45, 7) is 0.402. The van der Waals surface area contributed by atoms with Gasteiger partial charge in [-0.05, 0) is 22.0 Å². The molecule has 0 saturated heterocycles. The number of nitrogens with zero attached hydrogens (tertiary/aromatic N) is 3. The summed E-state index contributed by atoms with van der Waals surface area (Å²) in [5.41, 5.74) is 1.10. The van der Waals surface area contributed by atoms with E-state index in [0.29, 0.717) is 6.61 Å². The molecule has 0 fully saturated rings. The molecule has 0 aliphatic rings. The van der Waals surface area contributed by atoms with E-state index in [1.54, 1.807) is 4.68 Å². The Hall–Kier alpha value is -0.880. The number of halogens is 2. The molecule has 1 aromatic heterocycles. The highest BCUT2D eigenvalue weighted by Crippen LogP contribution is 2.30. The summed E-state index contributed by atoms with van der Waals surface area (Å²) in [6, 6.07) is 5.96. The number of hydrogen-bond acceptors (Lipinski definition) is 3. The molecule has 0 aliphatic carbocycles. The molecular weight excluding hydrogens is 350 g/mol. The van der Waals surface area contributed by atoms with Gasteiger partial charge < -0.3 is 4.74 Å². The third-order valence-corrected chi connectivity index (χ3v) is 3.57. The van der Waals surface area contributed by atoms with Crippen molar-refractivity contribution in [2.75, 3.05) is 0 Å². The van der Waals surface area contributed by atoms with Gasteiger partial charge in [0, 0.05) is 17.9 Å². The Balaban J connectivity index is 2.16. The first-order valence-corrected chi connectivity index (χ1v) is 6.93. The lowest BCUT2D eigenvalue weighted by atomic mass is 10.2. The van der Waals surface area contributed by atoms with Gasteiger partial charge in [0.1, 0.15) is 18.7 Å². The molecule has 6 heteroatoms. The van der Waals surface area contributed by atoms with Crippen LogP contribution >= 0.6 is 31.9 Å². The van der Waals surface area contributed by atoms with Gasteiger partial charge in [0.05, 0.1) is 4.47 Å². The summed E-state index contributed by atoms with van der Waals surface area (Å²) in [6.07, 6.45) is 1.52. The average Bonchev–Trinajstić information content (AvgIpc) is 2.73. The van der Waals surface area contributed by atoms with E-state index >= 15 is 0 Å². The number of para-hydroxylation sites is 1. The van der Waals surface area contributed by atoms with E-state index < -0.39 is 0 Å². The van der Waals surface area contributed by atoms with E-state index in [-0.39, 0.29) is 0 Å². The summed E-state index contributed by atoms with van der Waals surface area (Å²) in [4.78, 5) is 4.12. The van der Waals surface area contributed by atoms with E-state index in [1.807, 2.05) is 25.2 Å². The fraction of sp³-hybridized carbons (Fsp3) is 0.273. The third kappa shape index (κ3) is 2.87. The second kappa shape index (κ2) is 5.64. The van der Waals surface area contributed by atoms with Crippen molar-refractivity contribution in [1.82, 2.24) is 14.8 Å². The highest BCUT2D eigenvalue weighted by molar-refractivity contribution is 9.10. The molecule has 0 atom stereocenters. The zero-order valence-electron chi connectivity index (χ0n) is 9.23. The van der Waals surface area contributed by atoms with Crippen LogP contribution in [0.2, 0.25) is 0 Å². The van der Waals surface area contributed by atoms with Crippen LogP contribution in [0.4, 0.5) is 0 Å². The van der Waals surface area contributed by atoms with Crippen LogP contribution in [0, 0.1) is 0 Å². The number of ether oxygens (including phenoxy) is 1. The maximum absolute atomic E-state index is 5.78. The van der Waals surface area contributed by atoms with Gasteiger partial charge in [0.15, 0.2) is 5.82 Å². The number of alkyl halides is 1. The van der Waals surface area contributed by atoms with Crippen LogP contribution in [0.1, 0.15) is 11.4 Å². The smallest absolute Gasteiger partial charge is 0.164 e. The minimum Gasteiger partial charge on any atom is -0.484 e. The molecule has 0 spiro atoms. The van der Waals surface area contributed by atoms with E-state index in [1.165, 1.54) is 6.33 Å². The average molecular weight is 361 g/mol. The van der Waals surface area contributed by atoms with Crippen LogP contribution in [-0.4, -0.2) is 14.8 Å². The van der Waals surface area contributed by atoms with Gasteiger partial charge in [-0.1, -0.05) is 28.1 Å². The molecule has 2 aromatic rings. The van der Waals surface area contributed by atoms with Crippen molar-refractivity contribution in [3.63, 3.8) is 0 Å². The predicted octanol–water partition coefficient (Wildman–Crippen LogP) is 3.05. The molecule has 90 valence electrons. The van der Waals surface area contributed by atoms with E-state index in [0.717, 1.165) is 26.9 Å². The fourth-order valence-electron chi connectivity index (χ4n) is 1.41. The van der Waals surface area contributed by atoms with Crippen LogP contribution in [0.5, 0.6) is 5.75 Å². The molecule has 0 radical (unpaired) electrons. The Morgan fingerprint density at radius 2 is 2.24 bits per heavy atom. The van der Waals surface area contributed by atoms with Gasteiger partial charge in [-0.3, -0.25) is 4.68 Å². The zero-order valence-corrected chi connectivity index (χ0v) is 12.4. The molecule has 17 heavy (non-hydrogen) atoms. The van der Waals surface area contributed by atoms with E-state index in [9.17, 15) is 0 Å². The number of aryl methyl sites for hydroxylation is 1. The minimum atomic E-state index is 0.402. The number of aromatic nitrogens is 3. The molecule has 1 aromatic carbocycles. The quantitative estimate of drug-likeness (QED) is 0.786. The maximum Gasteiger partial charge on any atom is 0.164 e.